The molecule has 0 spiro atoms. The Morgan fingerprint density at radius 2 is 1.87 bits per heavy atom. The lowest BCUT2D eigenvalue weighted by Gasteiger charge is -2.06. The number of carbonyl (C=O) groups excluding carboxylic acids is 1. The average Bonchev–Trinajstić information content (AvgIpc) is 3.14. The Labute approximate surface area is 168 Å². The van der Waals surface area contributed by atoms with Crippen LogP contribution in [0, 0.1) is 6.92 Å². The van der Waals surface area contributed by atoms with Crippen LogP contribution in [0.1, 0.15) is 27.3 Å². The molecule has 8 nitrogen and oxygen atoms in total. The minimum Gasteiger partial charge on any atom is -0.507 e. The molecular weight excluding hydrogens is 401 g/mol. The molecule has 3 N–H and O–H groups in total. The summed E-state index contributed by atoms with van der Waals surface area (Å²) in [6.45, 7) is 1.74. The molecule has 0 bridgehead atoms. The van der Waals surface area contributed by atoms with Crippen LogP contribution in [0.3, 0.4) is 0 Å². The summed E-state index contributed by atoms with van der Waals surface area (Å²) in [5, 5.41) is 27.7. The molecule has 1 heterocycles. The molecule has 0 aliphatic rings. The number of phenolic OH excluding ortho intramolecular Hbond substituents is 1. The Hall–Kier alpha value is -4.02. The normalized spacial score (nSPS) is 12.0. The topological polar surface area (TPSA) is 115 Å². The van der Waals surface area contributed by atoms with Crippen LogP contribution in [0.5, 0.6) is 5.75 Å². The second-order valence-electron chi connectivity index (χ2n) is 6.13. The first-order valence-corrected chi connectivity index (χ1v) is 8.50. The van der Waals surface area contributed by atoms with E-state index in [2.05, 4.69) is 31.0 Å². The highest BCUT2D eigenvalue weighted by Gasteiger charge is 2.30. The van der Waals surface area contributed by atoms with Gasteiger partial charge in [-0.25, -0.2) is 5.43 Å². The van der Waals surface area contributed by atoms with Gasteiger partial charge in [-0.05, 0) is 49.4 Å². The van der Waals surface area contributed by atoms with E-state index in [0.29, 0.717) is 5.69 Å². The molecule has 0 saturated carbocycles. The summed E-state index contributed by atoms with van der Waals surface area (Å²) in [5.74, 6) is -0.683. The molecule has 2 aromatic carbocycles. The van der Waals surface area contributed by atoms with Crippen LogP contribution in [0.4, 0.5) is 24.5 Å². The first-order valence-electron chi connectivity index (χ1n) is 8.50. The predicted molar refractivity (Wildman–Crippen MR) is 102 cm³/mol. The molecule has 0 saturated heterocycles. The number of hydrogen-bond acceptors (Lipinski definition) is 6. The highest BCUT2D eigenvalue weighted by atomic mass is 19.4. The van der Waals surface area contributed by atoms with Crippen LogP contribution in [0.2, 0.25) is 0 Å². The Kier molecular flexibility index (Phi) is 5.90. The number of nitrogens with one attached hydrogen (secondary N) is 2. The first kappa shape index (κ1) is 20.7. The van der Waals surface area contributed by atoms with Crippen molar-refractivity contribution in [2.24, 2.45) is 15.3 Å². The smallest absolute Gasteiger partial charge is 0.416 e. The molecule has 0 aliphatic heterocycles. The number of carbonyl (C=O) groups is 1. The van der Waals surface area contributed by atoms with Gasteiger partial charge in [-0.3, -0.25) is 9.89 Å². The minimum atomic E-state index is -4.48. The number of amides is 1. The SMILES string of the molecule is Cc1cc(C(=O)NN=Cc2cc(N=Nc3cccc(C(F)(F)F)c3)ccc2O)n[nH]1. The maximum absolute atomic E-state index is 12.8. The molecule has 3 rings (SSSR count). The molecule has 3 aromatic rings. The number of nitrogens with zero attached hydrogens (tertiary/aromatic N) is 4. The molecule has 154 valence electrons. The number of halogens is 3. The first-order chi connectivity index (χ1) is 14.2. The van der Waals surface area contributed by atoms with E-state index < -0.39 is 17.6 Å². The molecule has 1 amide bonds. The number of aryl methyl sites for hydroxylation is 1. The number of hydrazone groups is 1. The zero-order valence-corrected chi connectivity index (χ0v) is 15.5. The standard InChI is InChI=1S/C19H15F3N6O2/c1-11-7-16(27-24-11)18(30)28-23-10-12-8-15(5-6-17(12)29)26-25-14-4-2-3-13(9-14)19(20,21)22/h2-10,29H,1H3,(H,24,27)(H,28,30). The van der Waals surface area contributed by atoms with Crippen molar-refractivity contribution < 1.29 is 23.1 Å². The van der Waals surface area contributed by atoms with Gasteiger partial charge in [-0.15, -0.1) is 0 Å². The number of benzene rings is 2. The summed E-state index contributed by atoms with van der Waals surface area (Å²) in [5.41, 5.74) is 2.79. The number of hydrogen-bond donors (Lipinski definition) is 3. The van der Waals surface area contributed by atoms with E-state index in [1.165, 1.54) is 42.6 Å². The number of aromatic hydroxyl groups is 1. The molecule has 0 radical (unpaired) electrons. The van der Waals surface area contributed by atoms with Crippen molar-refractivity contribution in [2.45, 2.75) is 13.1 Å². The van der Waals surface area contributed by atoms with Crippen LogP contribution >= 0.6 is 0 Å². The van der Waals surface area contributed by atoms with Crippen molar-refractivity contribution in [1.82, 2.24) is 15.6 Å². The monoisotopic (exact) mass is 416 g/mol. The summed E-state index contributed by atoms with van der Waals surface area (Å²) >= 11 is 0. The van der Waals surface area contributed by atoms with Crippen LogP contribution < -0.4 is 5.43 Å². The fourth-order valence-electron chi connectivity index (χ4n) is 2.32. The highest BCUT2D eigenvalue weighted by molar-refractivity contribution is 5.93. The van der Waals surface area contributed by atoms with Crippen molar-refractivity contribution in [3.63, 3.8) is 0 Å². The fraction of sp³-hybridized carbons (Fsp3) is 0.105. The number of azo groups is 1. The second kappa shape index (κ2) is 8.55. The van der Waals surface area contributed by atoms with Crippen LogP contribution in [0.15, 0.2) is 63.9 Å². The lowest BCUT2D eigenvalue weighted by atomic mass is 10.2. The number of aromatic nitrogens is 2. The van der Waals surface area contributed by atoms with Crippen molar-refractivity contribution in [3.05, 3.63) is 71.0 Å². The van der Waals surface area contributed by atoms with Gasteiger partial charge in [-0.2, -0.15) is 33.6 Å². The van der Waals surface area contributed by atoms with Crippen molar-refractivity contribution in [2.75, 3.05) is 0 Å². The summed E-state index contributed by atoms with van der Waals surface area (Å²) in [6.07, 6.45) is -3.29. The third-order valence-electron chi connectivity index (χ3n) is 3.77. The van der Waals surface area contributed by atoms with Gasteiger partial charge in [0.15, 0.2) is 5.69 Å². The summed E-state index contributed by atoms with van der Waals surface area (Å²) in [4.78, 5) is 11.9. The maximum Gasteiger partial charge on any atom is 0.416 e. The van der Waals surface area contributed by atoms with Crippen molar-refractivity contribution in [1.29, 1.82) is 0 Å². The maximum atomic E-state index is 12.8. The summed E-state index contributed by atoms with van der Waals surface area (Å²) in [7, 11) is 0. The van der Waals surface area contributed by atoms with E-state index in [9.17, 15) is 23.1 Å². The zero-order valence-electron chi connectivity index (χ0n) is 15.5. The predicted octanol–water partition coefficient (Wildman–Crippen LogP) is 4.62. The number of rotatable bonds is 5. The number of phenols is 1. The molecular formula is C19H15F3N6O2. The quantitative estimate of drug-likeness (QED) is 0.320. The molecule has 11 heteroatoms. The largest absolute Gasteiger partial charge is 0.507 e. The Balaban J connectivity index is 1.72. The lowest BCUT2D eigenvalue weighted by Crippen LogP contribution is -2.18. The fourth-order valence-corrected chi connectivity index (χ4v) is 2.32. The molecule has 0 atom stereocenters. The summed E-state index contributed by atoms with van der Waals surface area (Å²) < 4.78 is 38.3. The van der Waals surface area contributed by atoms with E-state index >= 15 is 0 Å². The van der Waals surface area contributed by atoms with Gasteiger partial charge in [0, 0.05) is 11.3 Å². The molecule has 0 unspecified atom stereocenters. The molecule has 1 aromatic heterocycles. The zero-order chi connectivity index (χ0) is 21.7. The van der Waals surface area contributed by atoms with Gasteiger partial charge in [0.05, 0.1) is 23.2 Å². The number of alkyl halides is 3. The van der Waals surface area contributed by atoms with E-state index in [4.69, 9.17) is 0 Å². The number of aromatic amines is 1. The van der Waals surface area contributed by atoms with Gasteiger partial charge >= 0.3 is 6.18 Å². The third-order valence-corrected chi connectivity index (χ3v) is 3.77. The van der Waals surface area contributed by atoms with Gasteiger partial charge in [0.2, 0.25) is 0 Å². The van der Waals surface area contributed by atoms with Crippen LogP contribution in [-0.2, 0) is 6.18 Å². The average molecular weight is 416 g/mol. The molecule has 0 aliphatic carbocycles. The minimum absolute atomic E-state index is 0.0228. The number of H-pyrrole nitrogens is 1. The van der Waals surface area contributed by atoms with Gasteiger partial charge in [0.25, 0.3) is 5.91 Å². The molecule has 0 fully saturated rings. The van der Waals surface area contributed by atoms with Crippen LogP contribution in [0.25, 0.3) is 0 Å². The van der Waals surface area contributed by atoms with Gasteiger partial charge < -0.3 is 5.11 Å². The second-order valence-corrected chi connectivity index (χ2v) is 6.13. The lowest BCUT2D eigenvalue weighted by molar-refractivity contribution is -0.137. The van der Waals surface area contributed by atoms with E-state index in [-0.39, 0.29) is 28.4 Å². The molecule has 30 heavy (non-hydrogen) atoms. The Bertz CT molecular complexity index is 1120. The van der Waals surface area contributed by atoms with E-state index in [0.717, 1.165) is 12.1 Å². The van der Waals surface area contributed by atoms with Crippen LogP contribution in [-0.4, -0.2) is 27.4 Å². The van der Waals surface area contributed by atoms with Crippen molar-refractivity contribution >= 4 is 23.5 Å². The Morgan fingerprint density at radius 3 is 2.53 bits per heavy atom. The van der Waals surface area contributed by atoms with E-state index in [1.54, 1.807) is 6.92 Å². The summed E-state index contributed by atoms with van der Waals surface area (Å²) in [6, 6.07) is 10.1. The third kappa shape index (κ3) is 5.28. The highest BCUT2D eigenvalue weighted by Crippen LogP contribution is 2.32. The van der Waals surface area contributed by atoms with Crippen molar-refractivity contribution in [3.8, 4) is 5.75 Å². The van der Waals surface area contributed by atoms with Gasteiger partial charge in [-0.1, -0.05) is 6.07 Å². The Morgan fingerprint density at radius 1 is 1.13 bits per heavy atom. The van der Waals surface area contributed by atoms with Gasteiger partial charge in [0.1, 0.15) is 5.75 Å². The van der Waals surface area contributed by atoms with E-state index in [1.807, 2.05) is 0 Å².